The number of benzene rings is 1. The summed E-state index contributed by atoms with van der Waals surface area (Å²) in [7, 11) is 1.65. The van der Waals surface area contributed by atoms with E-state index in [0.29, 0.717) is 13.0 Å². The first-order valence-electron chi connectivity index (χ1n) is 7.17. The number of nitrogens with zero attached hydrogens (tertiary/aromatic N) is 3. The maximum atomic E-state index is 12.6. The van der Waals surface area contributed by atoms with Crippen LogP contribution in [-0.4, -0.2) is 36.3 Å². The van der Waals surface area contributed by atoms with Crippen molar-refractivity contribution in [2.24, 2.45) is 5.92 Å². The van der Waals surface area contributed by atoms with E-state index in [1.165, 1.54) is 4.90 Å². The van der Waals surface area contributed by atoms with E-state index in [9.17, 15) is 9.59 Å². The number of carbonyl (C=O) groups excluding carboxylic acids is 2. The predicted octanol–water partition coefficient (Wildman–Crippen LogP) is 2.56. The van der Waals surface area contributed by atoms with E-state index in [1.54, 1.807) is 11.9 Å². The number of anilines is 1. The average molecular weight is 364 g/mol. The first-order chi connectivity index (χ1) is 10.5. The normalized spacial score (nSPS) is 18.9. The Balaban J connectivity index is 2.13. The molecule has 1 heterocycles. The molecule has 1 aliphatic heterocycles. The highest BCUT2D eigenvalue weighted by molar-refractivity contribution is 9.10. The summed E-state index contributed by atoms with van der Waals surface area (Å²) >= 11 is 3.44. The summed E-state index contributed by atoms with van der Waals surface area (Å²) in [6, 6.07) is 9.34. The van der Waals surface area contributed by atoms with Crippen molar-refractivity contribution in [1.29, 1.82) is 5.26 Å². The Morgan fingerprint density at radius 2 is 2.23 bits per heavy atom. The van der Waals surface area contributed by atoms with Crippen LogP contribution in [0.1, 0.15) is 19.8 Å². The summed E-state index contributed by atoms with van der Waals surface area (Å²) in [4.78, 5) is 28.2. The number of hydrogen-bond acceptors (Lipinski definition) is 3. The molecule has 1 aromatic carbocycles. The molecule has 0 N–H and O–H groups in total. The Bertz CT molecular complexity index is 626. The third-order valence-corrected chi connectivity index (χ3v) is 4.71. The lowest BCUT2D eigenvalue weighted by Gasteiger charge is -2.25. The second-order valence-corrected chi connectivity index (χ2v) is 6.30. The van der Waals surface area contributed by atoms with E-state index in [0.717, 1.165) is 10.2 Å². The van der Waals surface area contributed by atoms with Gasteiger partial charge >= 0.3 is 0 Å². The largest absolute Gasteiger partial charge is 0.341 e. The van der Waals surface area contributed by atoms with Crippen LogP contribution in [0.15, 0.2) is 28.7 Å². The fourth-order valence-corrected chi connectivity index (χ4v) is 3.05. The topological polar surface area (TPSA) is 64.4 Å². The lowest BCUT2D eigenvalue weighted by atomic mass is 10.1. The number of carbonyl (C=O) groups is 2. The van der Waals surface area contributed by atoms with Gasteiger partial charge in [0.25, 0.3) is 0 Å². The molecule has 2 rings (SSSR count). The Morgan fingerprint density at radius 1 is 1.55 bits per heavy atom. The van der Waals surface area contributed by atoms with Crippen LogP contribution in [0.5, 0.6) is 0 Å². The van der Waals surface area contributed by atoms with E-state index in [4.69, 9.17) is 5.26 Å². The molecule has 22 heavy (non-hydrogen) atoms. The van der Waals surface area contributed by atoms with Gasteiger partial charge in [0.05, 0.1) is 18.2 Å². The van der Waals surface area contributed by atoms with Crippen LogP contribution in [-0.2, 0) is 9.59 Å². The van der Waals surface area contributed by atoms with Gasteiger partial charge in [-0.15, -0.1) is 0 Å². The van der Waals surface area contributed by atoms with E-state index < -0.39 is 5.92 Å². The molecule has 2 unspecified atom stereocenters. The maximum Gasteiger partial charge on any atom is 0.239 e. The highest BCUT2D eigenvalue weighted by Crippen LogP contribution is 2.32. The lowest BCUT2D eigenvalue weighted by Crippen LogP contribution is -2.42. The standard InChI is InChI=1S/C16H18BrN3O2/c1-11(7-9-18)19(2)15(21)12-8-10-20(16(12)22)14-6-4-3-5-13(14)17/h3-6,11-12H,7-8,10H2,1-2H3. The molecule has 0 spiro atoms. The van der Waals surface area contributed by atoms with Crippen LogP contribution < -0.4 is 4.90 Å². The Kier molecular flexibility index (Phi) is 5.19. The van der Waals surface area contributed by atoms with Crippen molar-refractivity contribution in [2.75, 3.05) is 18.5 Å². The minimum atomic E-state index is -0.654. The third kappa shape index (κ3) is 3.14. The quantitative estimate of drug-likeness (QED) is 0.772. The first kappa shape index (κ1) is 16.5. The van der Waals surface area contributed by atoms with Crippen molar-refractivity contribution in [3.63, 3.8) is 0 Å². The van der Waals surface area contributed by atoms with Crippen LogP contribution in [0, 0.1) is 17.2 Å². The fraction of sp³-hybridized carbons (Fsp3) is 0.438. The molecule has 1 saturated heterocycles. The number of rotatable bonds is 4. The minimum absolute atomic E-state index is 0.173. The summed E-state index contributed by atoms with van der Waals surface area (Å²) in [5.74, 6) is -1.03. The zero-order valence-corrected chi connectivity index (χ0v) is 14.2. The molecule has 2 amide bonds. The van der Waals surface area contributed by atoms with E-state index in [1.807, 2.05) is 31.2 Å². The second kappa shape index (κ2) is 6.93. The molecule has 2 atom stereocenters. The summed E-state index contributed by atoms with van der Waals surface area (Å²) < 4.78 is 0.836. The van der Waals surface area contributed by atoms with Crippen molar-refractivity contribution in [3.8, 4) is 6.07 Å². The predicted molar refractivity (Wildman–Crippen MR) is 87.1 cm³/mol. The van der Waals surface area contributed by atoms with Crippen LogP contribution in [0.25, 0.3) is 0 Å². The molecule has 0 aromatic heterocycles. The number of para-hydroxylation sites is 1. The Labute approximate surface area is 138 Å². The lowest BCUT2D eigenvalue weighted by molar-refractivity contribution is -0.140. The highest BCUT2D eigenvalue weighted by Gasteiger charge is 2.40. The second-order valence-electron chi connectivity index (χ2n) is 5.44. The molecule has 116 valence electrons. The van der Waals surface area contributed by atoms with Gasteiger partial charge in [-0.25, -0.2) is 0 Å². The van der Waals surface area contributed by atoms with Crippen molar-refractivity contribution < 1.29 is 9.59 Å². The SMILES string of the molecule is CC(CC#N)N(C)C(=O)C1CCN(c2ccccc2Br)C1=O. The molecule has 0 saturated carbocycles. The summed E-state index contributed by atoms with van der Waals surface area (Å²) in [6.45, 7) is 2.34. The van der Waals surface area contributed by atoms with Gasteiger partial charge in [-0.2, -0.15) is 5.26 Å². The zero-order chi connectivity index (χ0) is 16.3. The van der Waals surface area contributed by atoms with Gasteiger partial charge in [0.1, 0.15) is 5.92 Å². The molecule has 5 nitrogen and oxygen atoms in total. The van der Waals surface area contributed by atoms with Gasteiger partial charge < -0.3 is 9.80 Å². The molecular formula is C16H18BrN3O2. The molecule has 0 aliphatic carbocycles. The molecule has 1 aromatic rings. The zero-order valence-electron chi connectivity index (χ0n) is 12.6. The van der Waals surface area contributed by atoms with Crippen molar-refractivity contribution in [2.45, 2.75) is 25.8 Å². The molecule has 1 aliphatic rings. The van der Waals surface area contributed by atoms with Gasteiger partial charge in [-0.1, -0.05) is 12.1 Å². The minimum Gasteiger partial charge on any atom is -0.341 e. The van der Waals surface area contributed by atoms with Gasteiger partial charge in [-0.3, -0.25) is 9.59 Å². The molecule has 0 bridgehead atoms. The highest BCUT2D eigenvalue weighted by atomic mass is 79.9. The van der Waals surface area contributed by atoms with Crippen LogP contribution in [0.4, 0.5) is 5.69 Å². The molecule has 1 fully saturated rings. The van der Waals surface area contributed by atoms with Gasteiger partial charge in [0, 0.05) is 24.1 Å². The Hall–Kier alpha value is -1.87. The Morgan fingerprint density at radius 3 is 2.86 bits per heavy atom. The van der Waals surface area contributed by atoms with Gasteiger partial charge in [0.2, 0.25) is 11.8 Å². The fourth-order valence-electron chi connectivity index (χ4n) is 2.55. The number of hydrogen-bond donors (Lipinski definition) is 0. The van der Waals surface area contributed by atoms with Gasteiger partial charge in [0.15, 0.2) is 0 Å². The van der Waals surface area contributed by atoms with E-state index in [-0.39, 0.29) is 24.3 Å². The van der Waals surface area contributed by atoms with Crippen molar-refractivity contribution in [1.82, 2.24) is 4.90 Å². The van der Waals surface area contributed by atoms with Crippen molar-refractivity contribution in [3.05, 3.63) is 28.7 Å². The average Bonchev–Trinajstić information content (AvgIpc) is 2.88. The van der Waals surface area contributed by atoms with E-state index >= 15 is 0 Å². The summed E-state index contributed by atoms with van der Waals surface area (Å²) in [5, 5.41) is 8.74. The van der Waals surface area contributed by atoms with Crippen molar-refractivity contribution >= 4 is 33.4 Å². The summed E-state index contributed by atoms with van der Waals surface area (Å²) in [5.41, 5.74) is 0.788. The summed E-state index contributed by atoms with van der Waals surface area (Å²) in [6.07, 6.45) is 0.764. The molecular weight excluding hydrogens is 346 g/mol. The monoisotopic (exact) mass is 363 g/mol. The molecule has 0 radical (unpaired) electrons. The smallest absolute Gasteiger partial charge is 0.239 e. The van der Waals surface area contributed by atoms with Gasteiger partial charge in [-0.05, 0) is 41.4 Å². The number of halogens is 1. The van der Waals surface area contributed by atoms with Crippen LogP contribution in [0.2, 0.25) is 0 Å². The van der Waals surface area contributed by atoms with E-state index in [2.05, 4.69) is 22.0 Å². The maximum absolute atomic E-state index is 12.6. The van der Waals surface area contributed by atoms with Crippen LogP contribution in [0.3, 0.4) is 0 Å². The third-order valence-electron chi connectivity index (χ3n) is 4.04. The molecule has 6 heteroatoms. The number of amides is 2. The number of nitriles is 1. The first-order valence-corrected chi connectivity index (χ1v) is 7.96. The van der Waals surface area contributed by atoms with Crippen LogP contribution >= 0.6 is 15.9 Å².